The summed E-state index contributed by atoms with van der Waals surface area (Å²) in [7, 11) is 1.03. The minimum Gasteiger partial charge on any atom is -0.756 e. The zero-order valence-electron chi connectivity index (χ0n) is 37.1. The zero-order valence-corrected chi connectivity index (χ0v) is 37.9. The molecule has 1 rings (SSSR count). The van der Waals surface area contributed by atoms with Crippen molar-refractivity contribution in [1.82, 2.24) is 0 Å². The van der Waals surface area contributed by atoms with Crippen LogP contribution in [0.5, 0.6) is 0 Å². The number of likely N-dealkylation sites (N-methyl/N-ethyl adjacent to an activating group) is 1. The number of phosphoric acid groups is 1. The summed E-state index contributed by atoms with van der Waals surface area (Å²) in [5.74, 6) is 1.13. The average Bonchev–Trinajstić information content (AvgIpc) is 3.42. The predicted octanol–water partition coefficient (Wildman–Crippen LogP) is 9.90. The number of ether oxygens (including phenoxy) is 2. The molecule has 1 aromatic heterocycles. The predicted molar refractivity (Wildman–Crippen MR) is 231 cm³/mol. The Labute approximate surface area is 351 Å². The third-order valence-electron chi connectivity index (χ3n) is 9.63. The number of esters is 2. The van der Waals surface area contributed by atoms with Crippen molar-refractivity contribution in [3.63, 3.8) is 0 Å². The lowest BCUT2D eigenvalue weighted by molar-refractivity contribution is -0.870. The van der Waals surface area contributed by atoms with Crippen LogP contribution in [0.25, 0.3) is 0 Å². The lowest BCUT2D eigenvalue weighted by Crippen LogP contribution is -2.37. The lowest BCUT2D eigenvalue weighted by atomic mass is 10.0. The van der Waals surface area contributed by atoms with Crippen LogP contribution >= 0.6 is 7.82 Å². The van der Waals surface area contributed by atoms with E-state index in [1.165, 1.54) is 30.4 Å². The summed E-state index contributed by atoms with van der Waals surface area (Å²) in [6.07, 6.45) is 30.4. The van der Waals surface area contributed by atoms with Gasteiger partial charge in [0.25, 0.3) is 7.82 Å². The summed E-state index contributed by atoms with van der Waals surface area (Å²) < 4.78 is 39.9. The number of phosphoric ester groups is 1. The standard InChI is InChI=1S/C46H78NO10P/c1-8-10-11-12-13-14-15-16-17-18-19-22-25-30-41(48)31-28-34-45(49)53-37-42(38-55-58(51,52)54-36-35-47(5,6)7)56-46(50)33-27-24-21-20-23-26-32-44-40(4)39(3)43(57-44)29-9-2/h13-14,16-17,19,22,25,30,41-42,48H,8-12,15,18,20-21,23-24,26-29,31-38H2,1-7H3/b14-13-,17-16-,22-19-,30-25+/t41-,42-/m1/s1. The number of furan rings is 1. The molecule has 0 radical (unpaired) electrons. The highest BCUT2D eigenvalue weighted by molar-refractivity contribution is 7.45. The molecule has 11 nitrogen and oxygen atoms in total. The van der Waals surface area contributed by atoms with Gasteiger partial charge in [0, 0.05) is 25.7 Å². The highest BCUT2D eigenvalue weighted by atomic mass is 31.2. The van der Waals surface area contributed by atoms with Crippen LogP contribution in [0, 0.1) is 13.8 Å². The quantitative estimate of drug-likeness (QED) is 0.0175. The highest BCUT2D eigenvalue weighted by Gasteiger charge is 2.22. The molecule has 332 valence electrons. The fourth-order valence-corrected chi connectivity index (χ4v) is 6.65. The number of aliphatic hydroxyl groups excluding tert-OH is 1. The van der Waals surface area contributed by atoms with E-state index in [4.69, 9.17) is 22.9 Å². The molecular formula is C46H78NO10P. The fourth-order valence-electron chi connectivity index (χ4n) is 5.92. The second-order valence-corrected chi connectivity index (χ2v) is 17.5. The molecule has 0 saturated heterocycles. The first kappa shape index (κ1) is 53.2. The van der Waals surface area contributed by atoms with Crippen LogP contribution in [-0.2, 0) is 45.5 Å². The number of hydrogen-bond acceptors (Lipinski definition) is 10. The molecule has 0 aliphatic heterocycles. The van der Waals surface area contributed by atoms with Crippen molar-refractivity contribution in [3.8, 4) is 0 Å². The smallest absolute Gasteiger partial charge is 0.306 e. The molecule has 3 atom stereocenters. The number of rotatable bonds is 35. The second-order valence-electron chi connectivity index (χ2n) is 16.1. The van der Waals surface area contributed by atoms with Crippen LogP contribution < -0.4 is 4.89 Å². The third-order valence-corrected chi connectivity index (χ3v) is 10.6. The van der Waals surface area contributed by atoms with Crippen LogP contribution in [0.3, 0.4) is 0 Å². The highest BCUT2D eigenvalue weighted by Crippen LogP contribution is 2.38. The number of hydrogen-bond donors (Lipinski definition) is 1. The molecule has 1 unspecified atom stereocenters. The number of allylic oxidation sites excluding steroid dienone is 7. The van der Waals surface area contributed by atoms with Crippen molar-refractivity contribution < 1.29 is 51.6 Å². The van der Waals surface area contributed by atoms with Gasteiger partial charge >= 0.3 is 11.9 Å². The van der Waals surface area contributed by atoms with Gasteiger partial charge in [-0.1, -0.05) is 101 Å². The Morgan fingerprint density at radius 1 is 0.759 bits per heavy atom. The summed E-state index contributed by atoms with van der Waals surface area (Å²) in [5, 5.41) is 10.3. The second kappa shape index (κ2) is 32.0. The minimum absolute atomic E-state index is 0.0367. The number of carbonyl (C=O) groups is 2. The van der Waals surface area contributed by atoms with Crippen LogP contribution in [0.1, 0.15) is 146 Å². The van der Waals surface area contributed by atoms with Gasteiger partial charge in [0.15, 0.2) is 6.10 Å². The van der Waals surface area contributed by atoms with Gasteiger partial charge in [-0.05, 0) is 82.8 Å². The molecule has 1 heterocycles. The normalized spacial score (nSPS) is 14.6. The molecule has 0 bridgehead atoms. The van der Waals surface area contributed by atoms with E-state index in [9.17, 15) is 24.2 Å². The zero-order chi connectivity index (χ0) is 43.1. The van der Waals surface area contributed by atoms with Crippen LogP contribution in [-0.4, -0.2) is 81.2 Å². The summed E-state index contributed by atoms with van der Waals surface area (Å²) in [5.41, 5.74) is 2.54. The van der Waals surface area contributed by atoms with Gasteiger partial charge in [-0.15, -0.1) is 0 Å². The van der Waals surface area contributed by atoms with E-state index in [1.54, 1.807) is 12.2 Å². The van der Waals surface area contributed by atoms with Gasteiger partial charge in [0.05, 0.1) is 33.9 Å². The first-order valence-electron chi connectivity index (χ1n) is 21.8. The Morgan fingerprint density at radius 3 is 2.09 bits per heavy atom. The van der Waals surface area contributed by atoms with E-state index in [0.29, 0.717) is 30.3 Å². The maximum atomic E-state index is 12.7. The molecule has 1 N–H and O–H groups in total. The number of unbranched alkanes of at least 4 members (excludes halogenated alkanes) is 8. The number of aliphatic hydroxyl groups is 1. The Bertz CT molecular complexity index is 1420. The van der Waals surface area contributed by atoms with Gasteiger partial charge in [-0.3, -0.25) is 14.2 Å². The number of aryl methyl sites for hydroxylation is 2. The van der Waals surface area contributed by atoms with Crippen molar-refractivity contribution >= 4 is 19.8 Å². The summed E-state index contributed by atoms with van der Waals surface area (Å²) in [6, 6.07) is 0. The van der Waals surface area contributed by atoms with Crippen LogP contribution in [0.2, 0.25) is 0 Å². The first-order valence-corrected chi connectivity index (χ1v) is 23.3. The Balaban J connectivity index is 2.46. The number of carbonyl (C=O) groups excluding carboxylic acids is 2. The molecule has 0 aliphatic carbocycles. The number of quaternary nitrogens is 1. The van der Waals surface area contributed by atoms with E-state index in [1.807, 2.05) is 33.3 Å². The van der Waals surface area contributed by atoms with Gasteiger partial charge < -0.3 is 37.4 Å². The topological polar surface area (TPSA) is 145 Å². The van der Waals surface area contributed by atoms with Gasteiger partial charge in [-0.25, -0.2) is 0 Å². The molecule has 0 aromatic carbocycles. The van der Waals surface area contributed by atoms with Crippen molar-refractivity contribution in [2.75, 3.05) is 47.5 Å². The molecule has 12 heteroatoms. The van der Waals surface area contributed by atoms with Gasteiger partial charge in [0.1, 0.15) is 31.3 Å². The van der Waals surface area contributed by atoms with E-state index in [0.717, 1.165) is 82.1 Å². The maximum absolute atomic E-state index is 12.7. The molecule has 0 amide bonds. The van der Waals surface area contributed by atoms with Crippen molar-refractivity contribution in [2.45, 2.75) is 162 Å². The summed E-state index contributed by atoms with van der Waals surface area (Å²) >= 11 is 0. The van der Waals surface area contributed by atoms with Crippen molar-refractivity contribution in [1.29, 1.82) is 0 Å². The Kier molecular flexibility index (Phi) is 29.4. The Morgan fingerprint density at radius 2 is 1.40 bits per heavy atom. The summed E-state index contributed by atoms with van der Waals surface area (Å²) in [6.45, 7) is 8.09. The molecule has 58 heavy (non-hydrogen) atoms. The first-order chi connectivity index (χ1) is 27.7. The third kappa shape index (κ3) is 28.6. The van der Waals surface area contributed by atoms with E-state index in [-0.39, 0.29) is 26.1 Å². The van der Waals surface area contributed by atoms with Gasteiger partial charge in [-0.2, -0.15) is 0 Å². The largest absolute Gasteiger partial charge is 0.756 e. The average molecular weight is 836 g/mol. The van der Waals surface area contributed by atoms with Crippen LogP contribution in [0.4, 0.5) is 0 Å². The molecular weight excluding hydrogens is 757 g/mol. The molecule has 0 saturated carbocycles. The Hall–Kier alpha value is -2.79. The lowest BCUT2D eigenvalue weighted by Gasteiger charge is -2.28. The molecule has 1 aromatic rings. The van der Waals surface area contributed by atoms with Crippen molar-refractivity contribution in [3.05, 3.63) is 71.3 Å². The van der Waals surface area contributed by atoms with Crippen LogP contribution in [0.15, 0.2) is 53.0 Å². The molecule has 0 fully saturated rings. The summed E-state index contributed by atoms with van der Waals surface area (Å²) in [4.78, 5) is 37.7. The minimum atomic E-state index is -4.69. The molecule has 0 aliphatic rings. The molecule has 0 spiro atoms. The SMILES string of the molecule is CCCCC/C=C\C/C=C\C/C=C\C=C\[C@@H](O)CCCC(=O)OC[C@H](COP(=O)([O-])OCC[N+](C)(C)C)OC(=O)CCCCCCCCc1oc(CCC)c(C)c1C. The van der Waals surface area contributed by atoms with Crippen molar-refractivity contribution in [2.24, 2.45) is 0 Å². The number of nitrogens with zero attached hydrogens (tertiary/aromatic N) is 1. The monoisotopic (exact) mass is 836 g/mol. The fraction of sp³-hybridized carbons (Fsp3) is 0.696. The van der Waals surface area contributed by atoms with E-state index in [2.05, 4.69) is 52.0 Å². The van der Waals surface area contributed by atoms with E-state index >= 15 is 0 Å². The maximum Gasteiger partial charge on any atom is 0.306 e. The van der Waals surface area contributed by atoms with Gasteiger partial charge in [0.2, 0.25) is 0 Å². The van der Waals surface area contributed by atoms with E-state index < -0.39 is 38.6 Å².